The summed E-state index contributed by atoms with van der Waals surface area (Å²) in [6.45, 7) is 4.85. The first-order chi connectivity index (χ1) is 20.4. The molecule has 0 radical (unpaired) electrons. The van der Waals surface area contributed by atoms with Gasteiger partial charge in [0, 0.05) is 36.8 Å². The normalized spacial score (nSPS) is 18.2. The number of sulfonamides is 1. The van der Waals surface area contributed by atoms with Crippen LogP contribution in [0.3, 0.4) is 0 Å². The van der Waals surface area contributed by atoms with Gasteiger partial charge in [0.05, 0.1) is 29.5 Å². The minimum atomic E-state index is -4.02. The van der Waals surface area contributed by atoms with E-state index in [9.17, 15) is 27.5 Å². The van der Waals surface area contributed by atoms with Crippen LogP contribution in [0.25, 0.3) is 0 Å². The van der Waals surface area contributed by atoms with Crippen LogP contribution in [0.1, 0.15) is 35.3 Å². The summed E-state index contributed by atoms with van der Waals surface area (Å²) in [5.41, 5.74) is 1.82. The molecule has 10 nitrogen and oxygen atoms in total. The molecule has 1 heterocycles. The van der Waals surface area contributed by atoms with Gasteiger partial charge in [-0.15, -0.1) is 0 Å². The number of carbonyl (C=O) groups excluding carboxylic acids is 1. The molecule has 4 rings (SSSR count). The number of fused-ring (bicyclic) bond motifs is 1. The second-order valence-electron chi connectivity index (χ2n) is 11.0. The van der Waals surface area contributed by atoms with Crippen molar-refractivity contribution in [2.24, 2.45) is 5.92 Å². The first-order valence-electron chi connectivity index (χ1n) is 13.9. The number of nitrogens with one attached hydrogen (secondary N) is 1. The van der Waals surface area contributed by atoms with Crippen LogP contribution in [-0.4, -0.2) is 79.2 Å². The van der Waals surface area contributed by atoms with E-state index in [4.69, 9.17) is 9.84 Å². The molecule has 1 aliphatic heterocycles. The number of ether oxygens (including phenoxy) is 1. The average Bonchev–Trinajstić information content (AvgIpc) is 3.00. The highest BCUT2D eigenvalue weighted by molar-refractivity contribution is 7.92. The van der Waals surface area contributed by atoms with Crippen LogP contribution in [-0.2, 0) is 27.8 Å². The predicted octanol–water partition coefficient (Wildman–Crippen LogP) is 3.61. The van der Waals surface area contributed by atoms with Crippen LogP contribution >= 0.6 is 0 Å². The van der Waals surface area contributed by atoms with Crippen molar-refractivity contribution in [1.29, 1.82) is 0 Å². The summed E-state index contributed by atoms with van der Waals surface area (Å²) in [4.78, 5) is 28.2. The van der Waals surface area contributed by atoms with Crippen molar-refractivity contribution in [2.75, 3.05) is 31.5 Å². The number of aromatic carboxylic acids is 1. The maximum absolute atomic E-state index is 13.5. The van der Waals surface area contributed by atoms with E-state index in [1.165, 1.54) is 12.1 Å². The fraction of sp³-hybridized carbons (Fsp3) is 0.355. The first-order valence-corrected chi connectivity index (χ1v) is 15.3. The lowest BCUT2D eigenvalue weighted by Gasteiger charge is -2.34. The molecule has 0 unspecified atom stereocenters. The van der Waals surface area contributed by atoms with Crippen molar-refractivity contribution < 1.29 is 37.3 Å². The zero-order valence-electron chi connectivity index (χ0n) is 24.2. The third-order valence-corrected chi connectivity index (χ3v) is 8.83. The summed E-state index contributed by atoms with van der Waals surface area (Å²) in [5.74, 6) is -1.48. The molecular formula is C31H36FN3O7S. The number of likely N-dealkylation sites (N-methyl/N-ethyl adjacent to an activating group) is 1. The van der Waals surface area contributed by atoms with Crippen molar-refractivity contribution in [3.63, 3.8) is 0 Å². The number of benzene rings is 3. The van der Waals surface area contributed by atoms with Crippen LogP contribution in [0, 0.1) is 11.7 Å². The van der Waals surface area contributed by atoms with E-state index in [2.05, 4.69) is 4.72 Å². The fourth-order valence-electron chi connectivity index (χ4n) is 4.97. The Bertz CT molecular complexity index is 1550. The van der Waals surface area contributed by atoms with Crippen molar-refractivity contribution >= 4 is 27.6 Å². The van der Waals surface area contributed by atoms with Gasteiger partial charge in [0.15, 0.2) is 0 Å². The molecule has 3 aromatic rings. The maximum atomic E-state index is 13.5. The molecule has 12 heteroatoms. The summed E-state index contributed by atoms with van der Waals surface area (Å²) >= 11 is 0. The molecule has 0 spiro atoms. The van der Waals surface area contributed by atoms with Gasteiger partial charge in [0.25, 0.3) is 10.0 Å². The lowest BCUT2D eigenvalue weighted by Crippen LogP contribution is -2.47. The monoisotopic (exact) mass is 613 g/mol. The van der Waals surface area contributed by atoms with Crippen LogP contribution < -0.4 is 9.46 Å². The lowest BCUT2D eigenvalue weighted by molar-refractivity contribution is -0.134. The molecule has 0 aromatic heterocycles. The number of halogens is 1. The lowest BCUT2D eigenvalue weighted by atomic mass is 10.0. The Morgan fingerprint density at radius 2 is 1.81 bits per heavy atom. The Balaban J connectivity index is 1.60. The molecule has 0 fully saturated rings. The number of nitrogens with zero attached hydrogens (tertiary/aromatic N) is 2. The van der Waals surface area contributed by atoms with Crippen LogP contribution in [0.15, 0.2) is 71.6 Å². The van der Waals surface area contributed by atoms with Gasteiger partial charge >= 0.3 is 5.97 Å². The SMILES string of the molecule is C[C@H]1CN([C@@H](C)CO)C(=O)Cc2cc(NS(=O)(=O)c3ccc(F)cc3)ccc2O[C@@H]1CN(C)Cc1ccc(C(=O)O)cc1. The Morgan fingerprint density at radius 3 is 2.44 bits per heavy atom. The Labute approximate surface area is 250 Å². The first kappa shape index (κ1) is 31.9. The van der Waals surface area contributed by atoms with E-state index in [0.717, 1.165) is 17.7 Å². The Hall–Kier alpha value is -4.00. The number of carbonyl (C=O) groups is 2. The summed E-state index contributed by atoms with van der Waals surface area (Å²) in [6.07, 6.45) is -0.458. The molecule has 0 saturated carbocycles. The molecular weight excluding hydrogens is 577 g/mol. The van der Waals surface area contributed by atoms with Crippen molar-refractivity contribution in [3.05, 3.63) is 89.2 Å². The van der Waals surface area contributed by atoms with Crippen LogP contribution in [0.5, 0.6) is 5.75 Å². The summed E-state index contributed by atoms with van der Waals surface area (Å²) < 4.78 is 48.2. The number of amides is 1. The van der Waals surface area contributed by atoms with Gasteiger partial charge in [-0.3, -0.25) is 14.4 Å². The van der Waals surface area contributed by atoms with E-state index < -0.39 is 27.9 Å². The average molecular weight is 614 g/mol. The minimum absolute atomic E-state index is 0.0724. The topological polar surface area (TPSA) is 136 Å². The van der Waals surface area contributed by atoms with Gasteiger partial charge in [-0.25, -0.2) is 17.6 Å². The van der Waals surface area contributed by atoms with Crippen LogP contribution in [0.4, 0.5) is 10.1 Å². The van der Waals surface area contributed by atoms with E-state index in [-0.39, 0.29) is 47.1 Å². The van der Waals surface area contributed by atoms with Crippen molar-refractivity contribution in [2.45, 2.75) is 43.9 Å². The number of aliphatic hydroxyl groups excluding tert-OH is 1. The van der Waals surface area contributed by atoms with Gasteiger partial charge in [0.2, 0.25) is 5.91 Å². The molecule has 0 saturated heterocycles. The number of hydrogen-bond donors (Lipinski definition) is 3. The Morgan fingerprint density at radius 1 is 1.14 bits per heavy atom. The quantitative estimate of drug-likeness (QED) is 0.316. The highest BCUT2D eigenvalue weighted by Crippen LogP contribution is 2.30. The molecule has 0 aliphatic carbocycles. The highest BCUT2D eigenvalue weighted by Gasteiger charge is 2.31. The fourth-order valence-corrected chi connectivity index (χ4v) is 6.02. The number of rotatable bonds is 10. The maximum Gasteiger partial charge on any atom is 0.335 e. The zero-order valence-corrected chi connectivity index (χ0v) is 25.1. The largest absolute Gasteiger partial charge is 0.488 e. The van der Waals surface area contributed by atoms with Gasteiger partial charge < -0.3 is 19.8 Å². The third kappa shape index (κ3) is 8.09. The van der Waals surface area contributed by atoms with E-state index >= 15 is 0 Å². The number of carboxylic acid groups (broad SMARTS) is 1. The number of carboxylic acids is 1. The standard InChI is InChI=1S/C31H36FN3O7S/c1-20-16-35(21(2)19-36)30(37)15-24-14-26(33-43(40,41)27-11-8-25(32)9-12-27)10-13-28(24)42-29(20)18-34(3)17-22-4-6-23(7-5-22)31(38)39/h4-14,20-21,29,33,36H,15-19H2,1-3H3,(H,38,39)/t20-,21-,29+/m0/s1. The number of aliphatic hydroxyl groups is 1. The summed E-state index contributed by atoms with van der Waals surface area (Å²) in [5, 5.41) is 19.0. The zero-order chi connectivity index (χ0) is 31.3. The van der Waals surface area contributed by atoms with Gasteiger partial charge in [-0.1, -0.05) is 19.1 Å². The van der Waals surface area contributed by atoms with Gasteiger partial charge in [-0.05, 0) is 74.1 Å². The second kappa shape index (κ2) is 13.5. The van der Waals surface area contributed by atoms with Crippen LogP contribution in [0.2, 0.25) is 0 Å². The molecule has 3 aromatic carbocycles. The van der Waals surface area contributed by atoms with E-state index in [1.807, 2.05) is 18.9 Å². The smallest absolute Gasteiger partial charge is 0.335 e. The summed E-state index contributed by atoms with van der Waals surface area (Å²) in [7, 11) is -2.10. The summed E-state index contributed by atoms with van der Waals surface area (Å²) in [6, 6.07) is 15.4. The van der Waals surface area contributed by atoms with Gasteiger partial charge in [-0.2, -0.15) is 0 Å². The molecule has 0 bridgehead atoms. The molecule has 1 aliphatic rings. The molecule has 1 amide bonds. The van der Waals surface area contributed by atoms with Crippen molar-refractivity contribution in [1.82, 2.24) is 9.80 Å². The molecule has 3 atom stereocenters. The Kier molecular flexibility index (Phi) is 10.0. The number of hydrogen-bond acceptors (Lipinski definition) is 7. The predicted molar refractivity (Wildman–Crippen MR) is 159 cm³/mol. The second-order valence-corrected chi connectivity index (χ2v) is 12.7. The minimum Gasteiger partial charge on any atom is -0.488 e. The molecule has 43 heavy (non-hydrogen) atoms. The highest BCUT2D eigenvalue weighted by atomic mass is 32.2. The van der Waals surface area contributed by atoms with Crippen molar-refractivity contribution in [3.8, 4) is 5.75 Å². The molecule has 230 valence electrons. The number of anilines is 1. The van der Waals surface area contributed by atoms with E-state index in [1.54, 1.807) is 54.3 Å². The molecule has 3 N–H and O–H groups in total. The van der Waals surface area contributed by atoms with E-state index in [0.29, 0.717) is 30.9 Å². The van der Waals surface area contributed by atoms with Gasteiger partial charge in [0.1, 0.15) is 17.7 Å². The third-order valence-electron chi connectivity index (χ3n) is 7.44.